The average Bonchev–Trinajstić information content (AvgIpc) is 3.09. The molecule has 1 aromatic heterocycles. The van der Waals surface area contributed by atoms with E-state index in [0.29, 0.717) is 11.9 Å². The largest absolute Gasteiger partial charge is 0.335 e. The topological polar surface area (TPSA) is 32.3 Å². The fourth-order valence-corrected chi connectivity index (χ4v) is 3.65. The van der Waals surface area contributed by atoms with E-state index in [1.165, 1.54) is 5.56 Å². The molecule has 2 aliphatic heterocycles. The minimum Gasteiger partial charge on any atom is -0.335 e. The van der Waals surface area contributed by atoms with Gasteiger partial charge in [-0.15, -0.1) is 0 Å². The van der Waals surface area contributed by atoms with Crippen LogP contribution < -0.4 is 5.32 Å². The molecule has 0 spiro atoms. The second-order valence-corrected chi connectivity index (χ2v) is 5.72. The zero-order valence-electron chi connectivity index (χ0n) is 9.89. The van der Waals surface area contributed by atoms with Crippen LogP contribution in [0.2, 0.25) is 0 Å². The van der Waals surface area contributed by atoms with E-state index < -0.39 is 0 Å². The zero-order valence-corrected chi connectivity index (χ0v) is 10.7. The number of carbonyl (C=O) groups is 1. The highest BCUT2D eigenvalue weighted by atomic mass is 32.1. The molecule has 92 valence electrons. The lowest BCUT2D eigenvalue weighted by Crippen LogP contribution is -2.36. The van der Waals surface area contributed by atoms with Crippen molar-refractivity contribution < 1.29 is 4.79 Å². The molecule has 0 saturated carbocycles. The van der Waals surface area contributed by atoms with E-state index in [-0.39, 0.29) is 5.92 Å². The van der Waals surface area contributed by atoms with Crippen LogP contribution in [-0.4, -0.2) is 30.4 Å². The number of hydrogen-bond acceptors (Lipinski definition) is 3. The van der Waals surface area contributed by atoms with Crippen molar-refractivity contribution in [3.63, 3.8) is 0 Å². The second kappa shape index (κ2) is 4.78. The number of nitrogens with zero attached hydrogens (tertiary/aromatic N) is 1. The molecule has 3 heterocycles. The van der Waals surface area contributed by atoms with Gasteiger partial charge in [0.2, 0.25) is 5.91 Å². The van der Waals surface area contributed by atoms with Crippen molar-refractivity contribution in [1.82, 2.24) is 10.2 Å². The minimum absolute atomic E-state index is 0.217. The maximum Gasteiger partial charge on any atom is 0.227 e. The van der Waals surface area contributed by atoms with Gasteiger partial charge in [-0.25, -0.2) is 0 Å². The summed E-state index contributed by atoms with van der Waals surface area (Å²) in [6, 6.07) is 2.50. The van der Waals surface area contributed by atoms with Gasteiger partial charge < -0.3 is 10.2 Å². The van der Waals surface area contributed by atoms with E-state index in [4.69, 9.17) is 0 Å². The van der Waals surface area contributed by atoms with Gasteiger partial charge in [0.05, 0.1) is 12.0 Å². The van der Waals surface area contributed by atoms with Crippen molar-refractivity contribution in [3.05, 3.63) is 22.4 Å². The van der Waals surface area contributed by atoms with Crippen molar-refractivity contribution >= 4 is 17.2 Å². The molecule has 2 unspecified atom stereocenters. The molecule has 3 nitrogen and oxygen atoms in total. The Morgan fingerprint density at radius 3 is 3.12 bits per heavy atom. The van der Waals surface area contributed by atoms with Crippen molar-refractivity contribution in [2.24, 2.45) is 5.92 Å². The molecule has 3 rings (SSSR count). The number of rotatable bonds is 2. The molecule has 17 heavy (non-hydrogen) atoms. The molecule has 0 aromatic carbocycles. The predicted octanol–water partition coefficient (Wildman–Crippen LogP) is 2.02. The average molecular weight is 250 g/mol. The maximum atomic E-state index is 12.4. The third-order valence-corrected chi connectivity index (χ3v) is 4.57. The van der Waals surface area contributed by atoms with Gasteiger partial charge in [0.1, 0.15) is 0 Å². The summed E-state index contributed by atoms with van der Waals surface area (Å²) in [4.78, 5) is 14.6. The van der Waals surface area contributed by atoms with Crippen LogP contribution in [0.25, 0.3) is 0 Å². The van der Waals surface area contributed by atoms with E-state index in [0.717, 1.165) is 38.9 Å². The summed E-state index contributed by atoms with van der Waals surface area (Å²) in [7, 11) is 0. The van der Waals surface area contributed by atoms with Gasteiger partial charge in [0.15, 0.2) is 0 Å². The molecule has 4 heteroatoms. The van der Waals surface area contributed by atoms with Crippen LogP contribution in [0.5, 0.6) is 0 Å². The Hall–Kier alpha value is -0.870. The summed E-state index contributed by atoms with van der Waals surface area (Å²) in [6.45, 7) is 2.80. The third-order valence-electron chi connectivity index (χ3n) is 3.87. The Labute approximate surface area is 106 Å². The van der Waals surface area contributed by atoms with Crippen molar-refractivity contribution in [2.75, 3.05) is 19.6 Å². The van der Waals surface area contributed by atoms with E-state index >= 15 is 0 Å². The summed E-state index contributed by atoms with van der Waals surface area (Å²) in [5.74, 6) is 0.581. The molecule has 0 radical (unpaired) electrons. The molecule has 1 amide bonds. The van der Waals surface area contributed by atoms with Gasteiger partial charge in [0.25, 0.3) is 0 Å². The fraction of sp³-hybridized carbons (Fsp3) is 0.615. The minimum atomic E-state index is 0.217. The predicted molar refractivity (Wildman–Crippen MR) is 69.0 cm³/mol. The highest BCUT2D eigenvalue weighted by Gasteiger charge is 2.34. The first-order valence-electron chi connectivity index (χ1n) is 6.39. The van der Waals surface area contributed by atoms with Crippen LogP contribution in [0.4, 0.5) is 0 Å². The van der Waals surface area contributed by atoms with Gasteiger partial charge in [-0.3, -0.25) is 4.79 Å². The lowest BCUT2D eigenvalue weighted by atomic mass is 10.0. The molecular formula is C13H18N2OS. The standard InChI is InChI=1S/C13H18N2OS/c16-13(10-3-5-14-8-10)15-6-1-2-12(15)11-4-7-17-9-11/h4,7,9-10,12,14H,1-3,5-6,8H2. The molecule has 2 atom stereocenters. The molecule has 2 saturated heterocycles. The summed E-state index contributed by atoms with van der Waals surface area (Å²) < 4.78 is 0. The number of nitrogens with one attached hydrogen (secondary N) is 1. The van der Waals surface area contributed by atoms with Crippen molar-refractivity contribution in [3.8, 4) is 0 Å². The molecular weight excluding hydrogens is 232 g/mol. The monoisotopic (exact) mass is 250 g/mol. The Morgan fingerprint density at radius 2 is 2.41 bits per heavy atom. The van der Waals surface area contributed by atoms with Gasteiger partial charge in [-0.2, -0.15) is 11.3 Å². The highest BCUT2D eigenvalue weighted by Crippen LogP contribution is 2.34. The molecule has 1 N–H and O–H groups in total. The Morgan fingerprint density at radius 1 is 1.47 bits per heavy atom. The van der Waals surface area contributed by atoms with Crippen LogP contribution in [0.3, 0.4) is 0 Å². The number of carbonyl (C=O) groups excluding carboxylic acids is 1. The Bertz CT molecular complexity index is 384. The third kappa shape index (κ3) is 2.11. The Kier molecular flexibility index (Phi) is 3.16. The molecule has 0 aliphatic carbocycles. The summed E-state index contributed by atoms with van der Waals surface area (Å²) >= 11 is 1.72. The van der Waals surface area contributed by atoms with Crippen LogP contribution >= 0.6 is 11.3 Å². The lowest BCUT2D eigenvalue weighted by molar-refractivity contribution is -0.135. The van der Waals surface area contributed by atoms with Gasteiger partial charge in [-0.05, 0) is 48.2 Å². The number of likely N-dealkylation sites (tertiary alicyclic amines) is 1. The normalized spacial score (nSPS) is 28.8. The zero-order chi connectivity index (χ0) is 11.7. The van der Waals surface area contributed by atoms with Gasteiger partial charge in [0, 0.05) is 13.1 Å². The first kappa shape index (κ1) is 11.2. The summed E-state index contributed by atoms with van der Waals surface area (Å²) in [6.07, 6.45) is 3.28. The second-order valence-electron chi connectivity index (χ2n) is 4.94. The summed E-state index contributed by atoms with van der Waals surface area (Å²) in [5, 5.41) is 7.57. The quantitative estimate of drug-likeness (QED) is 0.871. The summed E-state index contributed by atoms with van der Waals surface area (Å²) in [5.41, 5.74) is 1.33. The van der Waals surface area contributed by atoms with Crippen LogP contribution in [-0.2, 0) is 4.79 Å². The van der Waals surface area contributed by atoms with E-state index in [2.05, 4.69) is 27.0 Å². The smallest absolute Gasteiger partial charge is 0.227 e. The SMILES string of the molecule is O=C(C1CCNC1)N1CCCC1c1ccsc1. The van der Waals surface area contributed by atoms with Crippen LogP contribution in [0.15, 0.2) is 16.8 Å². The van der Waals surface area contributed by atoms with Crippen LogP contribution in [0.1, 0.15) is 30.9 Å². The van der Waals surface area contributed by atoms with Gasteiger partial charge in [-0.1, -0.05) is 0 Å². The molecule has 0 bridgehead atoms. The first-order valence-corrected chi connectivity index (χ1v) is 7.34. The van der Waals surface area contributed by atoms with E-state index in [1.54, 1.807) is 11.3 Å². The van der Waals surface area contributed by atoms with E-state index in [9.17, 15) is 4.79 Å². The van der Waals surface area contributed by atoms with Crippen molar-refractivity contribution in [1.29, 1.82) is 0 Å². The number of amides is 1. The first-order chi connectivity index (χ1) is 8.36. The Balaban J connectivity index is 1.75. The number of thiophene rings is 1. The lowest BCUT2D eigenvalue weighted by Gasteiger charge is -2.26. The van der Waals surface area contributed by atoms with E-state index in [1.807, 2.05) is 0 Å². The fourth-order valence-electron chi connectivity index (χ4n) is 2.94. The van der Waals surface area contributed by atoms with Crippen molar-refractivity contribution in [2.45, 2.75) is 25.3 Å². The van der Waals surface area contributed by atoms with Gasteiger partial charge >= 0.3 is 0 Å². The van der Waals surface area contributed by atoms with Crippen LogP contribution in [0, 0.1) is 5.92 Å². The molecule has 2 aliphatic rings. The highest BCUT2D eigenvalue weighted by molar-refractivity contribution is 7.07. The molecule has 2 fully saturated rings. The maximum absolute atomic E-state index is 12.4. The molecule has 1 aromatic rings. The number of hydrogen-bond donors (Lipinski definition) is 1.